The molecule has 12 heteroatoms. The molecule has 1 aliphatic heterocycles. The van der Waals surface area contributed by atoms with Crippen molar-refractivity contribution in [2.24, 2.45) is 5.73 Å². The molecule has 0 radical (unpaired) electrons. The van der Waals surface area contributed by atoms with E-state index in [0.29, 0.717) is 17.3 Å². The summed E-state index contributed by atoms with van der Waals surface area (Å²) >= 11 is 1.32. The number of para-hydroxylation sites is 1. The summed E-state index contributed by atoms with van der Waals surface area (Å²) in [5, 5.41) is 2.87. The minimum Gasteiger partial charge on any atom is -0.465 e. The van der Waals surface area contributed by atoms with Crippen molar-refractivity contribution in [2.45, 2.75) is 24.7 Å². The molecule has 174 valence electrons. The fraction of sp³-hybridized carbons (Fsp3) is 0.286. The zero-order chi connectivity index (χ0) is 23.8. The highest BCUT2D eigenvalue weighted by molar-refractivity contribution is 7.20. The van der Waals surface area contributed by atoms with Crippen LogP contribution in [0, 0.1) is 5.82 Å². The average molecular weight is 482 g/mol. The van der Waals surface area contributed by atoms with Crippen molar-refractivity contribution < 1.29 is 31.9 Å². The largest absolute Gasteiger partial charge is 0.465 e. The number of ether oxygens (including phenoxy) is 1. The van der Waals surface area contributed by atoms with E-state index in [1.807, 2.05) is 24.3 Å². The van der Waals surface area contributed by atoms with E-state index in [1.165, 1.54) is 16.2 Å². The summed E-state index contributed by atoms with van der Waals surface area (Å²) in [6, 6.07) is 8.39. The van der Waals surface area contributed by atoms with Crippen LogP contribution in [0.15, 0.2) is 42.5 Å². The SMILES string of the molecule is NC(=O)[C@@H]1C[C@@H](Oc2nc3ccccc3s2)CN1C(=O)CNc1cc(F)cc(C(F)(F)F)c1. The van der Waals surface area contributed by atoms with E-state index in [0.717, 1.165) is 16.3 Å². The molecule has 2 aromatic carbocycles. The van der Waals surface area contributed by atoms with Gasteiger partial charge in [0, 0.05) is 12.1 Å². The maximum absolute atomic E-state index is 13.6. The molecule has 2 atom stereocenters. The number of hydrogen-bond acceptors (Lipinski definition) is 6. The fourth-order valence-corrected chi connectivity index (χ4v) is 4.49. The molecule has 0 bridgehead atoms. The number of thiazole rings is 1. The number of likely N-dealkylation sites (tertiary alicyclic amines) is 1. The predicted molar refractivity (Wildman–Crippen MR) is 113 cm³/mol. The number of carbonyl (C=O) groups is 2. The molecular formula is C21H18F4N4O3S. The second-order valence-corrected chi connectivity index (χ2v) is 8.46. The zero-order valence-electron chi connectivity index (χ0n) is 16.9. The number of hydrogen-bond donors (Lipinski definition) is 2. The lowest BCUT2D eigenvalue weighted by atomic mass is 10.2. The number of fused-ring (bicyclic) bond motifs is 1. The first kappa shape index (κ1) is 22.8. The van der Waals surface area contributed by atoms with Gasteiger partial charge in [-0.1, -0.05) is 23.5 Å². The van der Waals surface area contributed by atoms with E-state index in [-0.39, 0.29) is 18.7 Å². The van der Waals surface area contributed by atoms with Crippen LogP contribution < -0.4 is 15.8 Å². The van der Waals surface area contributed by atoms with Crippen LogP contribution >= 0.6 is 11.3 Å². The summed E-state index contributed by atoms with van der Waals surface area (Å²) in [5.41, 5.74) is 4.80. The number of aromatic nitrogens is 1. The van der Waals surface area contributed by atoms with Gasteiger partial charge in [0.1, 0.15) is 18.0 Å². The Bertz CT molecular complexity index is 1170. The van der Waals surface area contributed by atoms with Crippen molar-refractivity contribution in [1.82, 2.24) is 9.88 Å². The highest BCUT2D eigenvalue weighted by atomic mass is 32.1. The summed E-state index contributed by atoms with van der Waals surface area (Å²) in [7, 11) is 0. The number of anilines is 1. The Hall–Kier alpha value is -3.41. The van der Waals surface area contributed by atoms with Crippen LogP contribution in [-0.2, 0) is 15.8 Å². The van der Waals surface area contributed by atoms with E-state index in [1.54, 1.807) is 0 Å². The molecule has 1 aromatic heterocycles. The molecule has 0 saturated carbocycles. The molecule has 0 unspecified atom stereocenters. The molecule has 2 heterocycles. The van der Waals surface area contributed by atoms with Gasteiger partial charge in [-0.25, -0.2) is 9.37 Å². The summed E-state index contributed by atoms with van der Waals surface area (Å²) in [4.78, 5) is 30.2. The molecule has 0 aliphatic carbocycles. The van der Waals surface area contributed by atoms with E-state index in [4.69, 9.17) is 10.5 Å². The second-order valence-electron chi connectivity index (χ2n) is 7.47. The van der Waals surface area contributed by atoms with Crippen molar-refractivity contribution in [3.8, 4) is 5.19 Å². The number of nitrogens with zero attached hydrogens (tertiary/aromatic N) is 2. The first-order valence-corrected chi connectivity index (χ1v) is 10.6. The second kappa shape index (κ2) is 8.85. The standard InChI is InChI=1S/C21H18F4N4O3S/c22-12-5-11(21(23,24)25)6-13(7-12)27-9-18(30)29-10-14(8-16(29)19(26)31)32-20-28-15-3-1-2-4-17(15)33-20/h1-7,14,16,27H,8-10H2,(H2,26,31)/t14-,16+/m1/s1. The van der Waals surface area contributed by atoms with Gasteiger partial charge in [0.15, 0.2) is 0 Å². The topological polar surface area (TPSA) is 97.6 Å². The van der Waals surface area contributed by atoms with Crippen LogP contribution in [0.2, 0.25) is 0 Å². The minimum absolute atomic E-state index is 0.0427. The van der Waals surface area contributed by atoms with Gasteiger partial charge >= 0.3 is 6.18 Å². The van der Waals surface area contributed by atoms with Crippen molar-refractivity contribution in [2.75, 3.05) is 18.4 Å². The molecule has 2 amide bonds. The van der Waals surface area contributed by atoms with Crippen LogP contribution in [0.1, 0.15) is 12.0 Å². The van der Waals surface area contributed by atoms with Gasteiger partial charge in [0.05, 0.1) is 28.9 Å². The van der Waals surface area contributed by atoms with Gasteiger partial charge in [-0.05, 0) is 30.3 Å². The highest BCUT2D eigenvalue weighted by Crippen LogP contribution is 2.32. The maximum atomic E-state index is 13.6. The van der Waals surface area contributed by atoms with Crippen LogP contribution in [0.5, 0.6) is 5.19 Å². The lowest BCUT2D eigenvalue weighted by molar-refractivity contribution is -0.137. The van der Waals surface area contributed by atoms with Gasteiger partial charge in [-0.3, -0.25) is 9.59 Å². The number of nitrogens with two attached hydrogens (primary N) is 1. The Morgan fingerprint density at radius 1 is 1.24 bits per heavy atom. The Labute approximate surface area is 189 Å². The third-order valence-electron chi connectivity index (χ3n) is 5.12. The third kappa shape index (κ3) is 5.16. The van der Waals surface area contributed by atoms with Gasteiger partial charge in [0.25, 0.3) is 5.19 Å². The number of halogens is 4. The molecule has 1 aliphatic rings. The Balaban J connectivity index is 1.43. The molecule has 33 heavy (non-hydrogen) atoms. The molecule has 7 nitrogen and oxygen atoms in total. The highest BCUT2D eigenvalue weighted by Gasteiger charge is 2.40. The van der Waals surface area contributed by atoms with E-state index < -0.39 is 48.1 Å². The van der Waals surface area contributed by atoms with Crippen LogP contribution in [0.25, 0.3) is 10.2 Å². The summed E-state index contributed by atoms with van der Waals surface area (Å²) < 4.78 is 59.0. The normalized spacial score (nSPS) is 18.5. The quantitative estimate of drug-likeness (QED) is 0.525. The van der Waals surface area contributed by atoms with Crippen LogP contribution in [0.4, 0.5) is 23.2 Å². The monoisotopic (exact) mass is 482 g/mol. The number of alkyl halides is 3. The Morgan fingerprint density at radius 2 is 2.00 bits per heavy atom. The molecule has 3 aromatic rings. The smallest absolute Gasteiger partial charge is 0.416 e. The summed E-state index contributed by atoms with van der Waals surface area (Å²) in [6.45, 7) is -0.417. The van der Waals surface area contributed by atoms with Gasteiger partial charge in [0.2, 0.25) is 11.8 Å². The average Bonchev–Trinajstić information content (AvgIpc) is 3.35. The summed E-state index contributed by atoms with van der Waals surface area (Å²) in [5.74, 6) is -2.42. The lowest BCUT2D eigenvalue weighted by Gasteiger charge is -2.22. The summed E-state index contributed by atoms with van der Waals surface area (Å²) in [6.07, 6.45) is -5.13. The van der Waals surface area contributed by atoms with Gasteiger partial charge in [-0.2, -0.15) is 13.2 Å². The molecule has 4 rings (SSSR count). The zero-order valence-corrected chi connectivity index (χ0v) is 17.8. The van der Waals surface area contributed by atoms with Crippen LogP contribution in [-0.4, -0.2) is 46.9 Å². The van der Waals surface area contributed by atoms with Gasteiger partial charge < -0.3 is 20.7 Å². The van der Waals surface area contributed by atoms with E-state index >= 15 is 0 Å². The predicted octanol–water partition coefficient (Wildman–Crippen LogP) is 3.40. The van der Waals surface area contributed by atoms with Crippen LogP contribution in [0.3, 0.4) is 0 Å². The minimum atomic E-state index is -4.74. The molecule has 1 fully saturated rings. The van der Waals surface area contributed by atoms with Crippen molar-refractivity contribution >= 4 is 39.1 Å². The van der Waals surface area contributed by atoms with E-state index in [2.05, 4.69) is 10.3 Å². The number of nitrogens with one attached hydrogen (secondary N) is 1. The van der Waals surface area contributed by atoms with Crippen molar-refractivity contribution in [3.63, 3.8) is 0 Å². The Kier molecular flexibility index (Phi) is 6.11. The van der Waals surface area contributed by atoms with Crippen molar-refractivity contribution in [1.29, 1.82) is 0 Å². The first-order chi connectivity index (χ1) is 15.6. The molecular weight excluding hydrogens is 464 g/mol. The number of benzene rings is 2. The lowest BCUT2D eigenvalue weighted by Crippen LogP contribution is -2.45. The van der Waals surface area contributed by atoms with E-state index in [9.17, 15) is 27.2 Å². The molecule has 0 spiro atoms. The van der Waals surface area contributed by atoms with Gasteiger partial charge in [-0.15, -0.1) is 0 Å². The van der Waals surface area contributed by atoms with Crippen molar-refractivity contribution in [3.05, 3.63) is 53.8 Å². The number of carbonyl (C=O) groups excluding carboxylic acids is 2. The molecule has 3 N–H and O–H groups in total. The number of amides is 2. The number of primary amides is 1. The first-order valence-electron chi connectivity index (χ1n) is 9.83. The molecule has 1 saturated heterocycles. The third-order valence-corrected chi connectivity index (χ3v) is 6.05. The maximum Gasteiger partial charge on any atom is 0.416 e. The Morgan fingerprint density at radius 3 is 2.70 bits per heavy atom. The number of rotatable bonds is 6. The fourth-order valence-electron chi connectivity index (χ4n) is 3.61.